The lowest BCUT2D eigenvalue weighted by molar-refractivity contribution is 0.103. The van der Waals surface area contributed by atoms with Crippen LogP contribution in [0.1, 0.15) is 32.8 Å². The molecule has 1 aliphatic heterocycles. The number of nitriles is 1. The molecule has 10 nitrogen and oxygen atoms in total. The number of anilines is 1. The number of rotatable bonds is 6. The molecule has 35 heavy (non-hydrogen) atoms. The number of alkyl carbamates (subject to hydrolysis) is 1. The van der Waals surface area contributed by atoms with Crippen LogP contribution in [0.25, 0.3) is 16.6 Å². The Hall–Kier alpha value is -3.62. The predicted octanol–water partition coefficient (Wildman–Crippen LogP) is 2.36. The number of aliphatic hydroxyl groups is 1. The minimum absolute atomic E-state index is 0.215. The van der Waals surface area contributed by atoms with Crippen LogP contribution in [0.4, 0.5) is 10.6 Å². The van der Waals surface area contributed by atoms with Gasteiger partial charge in [-0.15, -0.1) is 0 Å². The van der Waals surface area contributed by atoms with E-state index >= 15 is 0 Å². The van der Waals surface area contributed by atoms with Gasteiger partial charge in [-0.05, 0) is 45.4 Å². The van der Waals surface area contributed by atoms with Gasteiger partial charge in [0, 0.05) is 30.0 Å². The Morgan fingerprint density at radius 1 is 1.40 bits per heavy atom. The van der Waals surface area contributed by atoms with Crippen molar-refractivity contribution >= 4 is 26.9 Å². The number of nitrogens with zero attached hydrogens (tertiary/aromatic N) is 5. The number of fused-ring (bicyclic) bond motifs is 1. The molecule has 0 aliphatic carbocycles. The third kappa shape index (κ3) is 5.55. The fourth-order valence-electron chi connectivity index (χ4n) is 4.00. The Balaban J connectivity index is 1.54. The second-order valence-corrected chi connectivity index (χ2v) is 9.77. The maximum absolute atomic E-state index is 12.0. The number of amides is 1. The summed E-state index contributed by atoms with van der Waals surface area (Å²) in [5, 5.41) is 27.2. The zero-order valence-corrected chi connectivity index (χ0v) is 20.9. The lowest BCUT2D eigenvalue weighted by atomic mass is 10.1. The zero-order chi connectivity index (χ0) is 24.9. The van der Waals surface area contributed by atoms with Gasteiger partial charge in [-0.1, -0.05) is 0 Å². The molecule has 0 unspecified atom stereocenters. The fraction of sp³-hybridized carbons (Fsp3) is 0.417. The summed E-state index contributed by atoms with van der Waals surface area (Å²) in [7, 11) is 0.215. The topological polar surface area (TPSA) is 125 Å². The van der Waals surface area contributed by atoms with Gasteiger partial charge in [0.25, 0.3) is 0 Å². The highest BCUT2D eigenvalue weighted by Gasteiger charge is 2.28. The molecule has 2 N–H and O–H groups in total. The SMILES string of the molecule is CCOc1cc(-c2ccc(N3CC[C@H](NC(=O)OC(C)C)[C@@H](O)[Si]C3)nc2)c2c(C#N)cnn2c1. The minimum atomic E-state index is -0.639. The summed E-state index contributed by atoms with van der Waals surface area (Å²) in [5.74, 6) is 1.44. The first-order chi connectivity index (χ1) is 16.9. The summed E-state index contributed by atoms with van der Waals surface area (Å²) in [6.45, 7) is 6.63. The van der Waals surface area contributed by atoms with Crippen LogP contribution in [0.5, 0.6) is 5.75 Å². The van der Waals surface area contributed by atoms with Crippen molar-refractivity contribution in [2.45, 2.75) is 45.1 Å². The first-order valence-electron chi connectivity index (χ1n) is 11.5. The number of carbonyl (C=O) groups excluding carboxylic acids is 1. The van der Waals surface area contributed by atoms with Crippen molar-refractivity contribution in [1.82, 2.24) is 19.9 Å². The van der Waals surface area contributed by atoms with Crippen molar-refractivity contribution in [3.05, 3.63) is 42.4 Å². The smallest absolute Gasteiger partial charge is 0.407 e. The molecule has 1 amide bonds. The first-order valence-corrected chi connectivity index (χ1v) is 12.8. The maximum Gasteiger partial charge on any atom is 0.407 e. The van der Waals surface area contributed by atoms with E-state index in [1.807, 2.05) is 25.1 Å². The highest BCUT2D eigenvalue weighted by atomic mass is 28.2. The van der Waals surface area contributed by atoms with Crippen molar-refractivity contribution in [2.75, 3.05) is 24.2 Å². The van der Waals surface area contributed by atoms with Crippen molar-refractivity contribution in [3.63, 3.8) is 0 Å². The van der Waals surface area contributed by atoms with Gasteiger partial charge >= 0.3 is 6.09 Å². The summed E-state index contributed by atoms with van der Waals surface area (Å²) in [6.07, 6.45) is 5.55. The Bertz CT molecular complexity index is 1220. The van der Waals surface area contributed by atoms with Crippen molar-refractivity contribution < 1.29 is 19.4 Å². The van der Waals surface area contributed by atoms with E-state index in [4.69, 9.17) is 9.47 Å². The van der Waals surface area contributed by atoms with E-state index in [-0.39, 0.29) is 21.7 Å². The van der Waals surface area contributed by atoms with Crippen molar-refractivity contribution in [1.29, 1.82) is 5.26 Å². The molecule has 2 atom stereocenters. The summed E-state index contributed by atoms with van der Waals surface area (Å²) in [4.78, 5) is 18.8. The maximum atomic E-state index is 12.0. The molecular formula is C24H28N6O4Si. The van der Waals surface area contributed by atoms with Crippen LogP contribution in [0.15, 0.2) is 36.8 Å². The molecule has 3 aromatic heterocycles. The van der Waals surface area contributed by atoms with Gasteiger partial charge in [0.1, 0.15) is 27.2 Å². The van der Waals surface area contributed by atoms with E-state index in [0.29, 0.717) is 42.6 Å². The van der Waals surface area contributed by atoms with Crippen LogP contribution >= 0.6 is 0 Å². The molecule has 2 radical (unpaired) electrons. The molecule has 1 fully saturated rings. The van der Waals surface area contributed by atoms with Gasteiger partial charge in [0.05, 0.1) is 48.0 Å². The molecule has 0 spiro atoms. The van der Waals surface area contributed by atoms with Crippen LogP contribution < -0.4 is 15.0 Å². The molecule has 1 saturated heterocycles. The Morgan fingerprint density at radius 2 is 2.23 bits per heavy atom. The molecule has 4 rings (SSSR count). The highest BCUT2D eigenvalue weighted by molar-refractivity contribution is 6.38. The van der Waals surface area contributed by atoms with E-state index in [0.717, 1.165) is 16.9 Å². The second kappa shape index (κ2) is 10.8. The normalized spacial score (nSPS) is 18.2. The largest absolute Gasteiger partial charge is 0.492 e. The number of carbonyl (C=O) groups is 1. The molecule has 4 heterocycles. The van der Waals surface area contributed by atoms with Crippen LogP contribution in [-0.2, 0) is 4.74 Å². The third-order valence-corrected chi connectivity index (χ3v) is 7.01. The zero-order valence-electron chi connectivity index (χ0n) is 19.9. The molecular weight excluding hydrogens is 464 g/mol. The number of hydrogen-bond donors (Lipinski definition) is 2. The summed E-state index contributed by atoms with van der Waals surface area (Å²) >= 11 is 0. The predicted molar refractivity (Wildman–Crippen MR) is 131 cm³/mol. The van der Waals surface area contributed by atoms with Crippen molar-refractivity contribution in [2.24, 2.45) is 0 Å². The van der Waals surface area contributed by atoms with Gasteiger partial charge < -0.3 is 24.8 Å². The van der Waals surface area contributed by atoms with E-state index < -0.39 is 11.8 Å². The van der Waals surface area contributed by atoms with Crippen LogP contribution in [0.2, 0.25) is 0 Å². The number of hydrogen-bond acceptors (Lipinski definition) is 8. The number of aliphatic hydroxyl groups excluding tert-OH is 1. The standard InChI is InChI=1S/C24H28N6O4Si/c1-4-33-18-9-19(22-17(10-25)12-27-30(22)13-18)16-5-6-21(26-11-16)29-8-7-20(23(31)35-14-29)28-24(32)34-15(2)3/h5-6,9,11-13,15,20,23,31H,4,7-8,14H2,1-3H3,(H,28,32)/t20-,23-/m0/s1. The highest BCUT2D eigenvalue weighted by Crippen LogP contribution is 2.31. The van der Waals surface area contributed by atoms with Crippen LogP contribution in [0, 0.1) is 11.3 Å². The van der Waals surface area contributed by atoms with Gasteiger partial charge in [0.15, 0.2) is 0 Å². The molecule has 182 valence electrons. The Labute approximate surface area is 206 Å². The van der Waals surface area contributed by atoms with Gasteiger partial charge in [-0.3, -0.25) is 0 Å². The quantitative estimate of drug-likeness (QED) is 0.503. The average molecular weight is 493 g/mol. The summed E-state index contributed by atoms with van der Waals surface area (Å²) in [5.41, 5.74) is 2.19. The van der Waals surface area contributed by atoms with Crippen molar-refractivity contribution in [3.8, 4) is 22.9 Å². The first kappa shape index (κ1) is 24.5. The molecule has 0 bridgehead atoms. The summed E-state index contributed by atoms with van der Waals surface area (Å²) in [6, 6.07) is 7.62. The molecule has 11 heteroatoms. The molecule has 0 aromatic carbocycles. The number of nitrogens with one attached hydrogen (secondary N) is 1. The third-order valence-electron chi connectivity index (χ3n) is 5.63. The molecule has 0 saturated carbocycles. The number of pyridine rings is 2. The lowest BCUT2D eigenvalue weighted by Crippen LogP contribution is -2.46. The van der Waals surface area contributed by atoms with E-state index in [2.05, 4.69) is 26.4 Å². The second-order valence-electron chi connectivity index (χ2n) is 8.45. The number of ether oxygens (including phenoxy) is 2. The number of aromatic nitrogens is 3. The van der Waals surface area contributed by atoms with Crippen LogP contribution in [-0.4, -0.2) is 72.5 Å². The monoisotopic (exact) mass is 492 g/mol. The van der Waals surface area contributed by atoms with E-state index in [1.165, 1.54) is 0 Å². The molecule has 1 aliphatic rings. The average Bonchev–Trinajstić information content (AvgIpc) is 3.16. The Kier molecular flexibility index (Phi) is 7.53. The van der Waals surface area contributed by atoms with Gasteiger partial charge in [-0.25, -0.2) is 14.3 Å². The van der Waals surface area contributed by atoms with Gasteiger partial charge in [0.2, 0.25) is 0 Å². The summed E-state index contributed by atoms with van der Waals surface area (Å²) < 4.78 is 12.5. The van der Waals surface area contributed by atoms with Gasteiger partial charge in [-0.2, -0.15) is 10.4 Å². The van der Waals surface area contributed by atoms with E-state index in [9.17, 15) is 15.2 Å². The molecule has 3 aromatic rings. The Morgan fingerprint density at radius 3 is 2.91 bits per heavy atom. The minimum Gasteiger partial charge on any atom is -0.492 e. The lowest BCUT2D eigenvalue weighted by Gasteiger charge is -2.22. The van der Waals surface area contributed by atoms with E-state index in [1.54, 1.807) is 37.0 Å². The van der Waals surface area contributed by atoms with Crippen LogP contribution in [0.3, 0.4) is 0 Å². The fourth-order valence-corrected chi connectivity index (χ4v) is 5.26.